The van der Waals surface area contributed by atoms with Crippen molar-refractivity contribution >= 4 is 74.7 Å². The van der Waals surface area contributed by atoms with Crippen molar-refractivity contribution in [1.29, 1.82) is 0 Å². The molecule has 2 aliphatic carbocycles. The molecule has 20 rings (SSSR count). The zero-order valence-corrected chi connectivity index (χ0v) is 72.2. The maximum absolute atomic E-state index is 12.8. The first-order valence-electron chi connectivity index (χ1n) is 43.3. The van der Waals surface area contributed by atoms with Crippen LogP contribution in [0.5, 0.6) is 0 Å². The number of carbonyl (C=O) groups excluding carboxylic acids is 6. The van der Waals surface area contributed by atoms with Gasteiger partial charge in [-0.2, -0.15) is 5.10 Å². The third-order valence-electron chi connectivity index (χ3n) is 23.4. The molecule has 6 aromatic heterocycles. The quantitative estimate of drug-likeness (QED) is 0.0348. The molecule has 12 aromatic rings. The van der Waals surface area contributed by atoms with Crippen molar-refractivity contribution < 1.29 is 42.7 Å². The van der Waals surface area contributed by atoms with Gasteiger partial charge in [-0.15, -0.1) is 0 Å². The van der Waals surface area contributed by atoms with Crippen LogP contribution in [-0.2, 0) is 19.4 Å². The summed E-state index contributed by atoms with van der Waals surface area (Å²) in [6, 6.07) is 43.8. The number of aryl methyl sites for hydroxylation is 1. The fourth-order valence-corrected chi connectivity index (χ4v) is 16.2. The van der Waals surface area contributed by atoms with E-state index in [9.17, 15) is 37.5 Å². The Balaban J connectivity index is 0.000000120. The highest BCUT2D eigenvalue weighted by molar-refractivity contribution is 6.21. The Kier molecular flexibility index (Phi) is 29.3. The average Bonchev–Trinajstić information content (AvgIpc) is 1.80. The Hall–Kier alpha value is -14.6. The molecule has 0 saturated heterocycles. The lowest BCUT2D eigenvalue weighted by Crippen LogP contribution is -2.24. The number of fused-ring (bicyclic) bond motifs is 6. The number of aliphatic hydroxyl groups excluding tert-OH is 1. The number of aliphatic hydroxyl groups is 1. The van der Waals surface area contributed by atoms with Crippen LogP contribution in [0.1, 0.15) is 169 Å². The van der Waals surface area contributed by atoms with Crippen molar-refractivity contribution in [3.8, 4) is 66.8 Å². The summed E-state index contributed by atoms with van der Waals surface area (Å²) in [6.07, 6.45) is 26.7. The summed E-state index contributed by atoms with van der Waals surface area (Å²) in [5.41, 5.74) is 63.3. The Bertz CT molecular complexity index is 6570. The third-order valence-corrected chi connectivity index (χ3v) is 23.4. The van der Waals surface area contributed by atoms with Crippen molar-refractivity contribution in [3.63, 3.8) is 0 Å². The topological polar surface area (TPSA) is 440 Å². The van der Waals surface area contributed by atoms with E-state index < -0.39 is 6.43 Å². The van der Waals surface area contributed by atoms with Gasteiger partial charge in [0.1, 0.15) is 39.3 Å². The normalized spacial score (nSPS) is 14.9. The molecule has 12 heterocycles. The second-order valence-corrected chi connectivity index (χ2v) is 32.3. The number of carbonyl (C=O) groups is 6. The lowest BCUT2D eigenvalue weighted by Gasteiger charge is -2.16. The molecule has 2 saturated carbocycles. The Morgan fingerprint density at radius 3 is 1.05 bits per heavy atom. The summed E-state index contributed by atoms with van der Waals surface area (Å²) in [5, 5.41) is 13.1. The van der Waals surface area contributed by atoms with Crippen LogP contribution in [0.4, 0.5) is 14.5 Å². The highest BCUT2D eigenvalue weighted by Crippen LogP contribution is 2.42. The molecule has 2 fully saturated rings. The molecular formula is C102H96F2N20O7. The summed E-state index contributed by atoms with van der Waals surface area (Å²) < 4.78 is 27.2. The molecule has 13 N–H and O–H groups in total. The summed E-state index contributed by atoms with van der Waals surface area (Å²) in [5.74, 6) is 1.63. The molecule has 0 unspecified atom stereocenters. The number of aromatic nitrogens is 7. The second-order valence-electron chi connectivity index (χ2n) is 32.3. The zero-order valence-electron chi connectivity index (χ0n) is 72.2. The van der Waals surface area contributed by atoms with E-state index in [1.54, 1.807) is 47.4 Å². The smallest absolute Gasteiger partial charge is 0.265 e. The van der Waals surface area contributed by atoms with Crippen LogP contribution in [-0.4, -0.2) is 194 Å². The van der Waals surface area contributed by atoms with Gasteiger partial charge < -0.3 is 39.5 Å². The van der Waals surface area contributed by atoms with Crippen molar-refractivity contribution in [2.24, 2.45) is 70.3 Å². The van der Waals surface area contributed by atoms with Gasteiger partial charge in [0.15, 0.2) is 34.7 Å². The van der Waals surface area contributed by atoms with Crippen LogP contribution in [0, 0.1) is 12.5 Å². The van der Waals surface area contributed by atoms with Crippen molar-refractivity contribution in [1.82, 2.24) is 34.7 Å². The number of alkyl halides is 2. The lowest BCUT2D eigenvalue weighted by atomic mass is 9.92. The highest BCUT2D eigenvalue weighted by atomic mass is 19.3. The van der Waals surface area contributed by atoms with Crippen LogP contribution in [0.25, 0.3) is 71.6 Å². The number of aliphatic imine (C=N–C) groups is 6. The number of rotatable bonds is 20. The number of halogens is 2. The van der Waals surface area contributed by atoms with E-state index in [1.807, 2.05) is 128 Å². The average molecular weight is 1750 g/mol. The van der Waals surface area contributed by atoms with E-state index in [1.165, 1.54) is 60.8 Å². The number of nitrogens with two attached hydrogens (primary N) is 6. The molecule has 6 aliphatic heterocycles. The van der Waals surface area contributed by atoms with Crippen LogP contribution in [0.3, 0.4) is 0 Å². The molecule has 29 heteroatoms. The van der Waals surface area contributed by atoms with Crippen molar-refractivity contribution in [2.45, 2.75) is 70.8 Å². The van der Waals surface area contributed by atoms with Gasteiger partial charge in [0.2, 0.25) is 5.69 Å². The Morgan fingerprint density at radius 1 is 0.374 bits per heavy atom. The number of pyridine rings is 5. The van der Waals surface area contributed by atoms with Gasteiger partial charge in [0, 0.05) is 208 Å². The van der Waals surface area contributed by atoms with Gasteiger partial charge in [-0.25, -0.2) is 13.6 Å². The zero-order chi connectivity index (χ0) is 91.8. The maximum atomic E-state index is 12.8. The number of benzene rings is 6. The summed E-state index contributed by atoms with van der Waals surface area (Å²) >= 11 is 0. The van der Waals surface area contributed by atoms with Crippen LogP contribution >= 0.6 is 0 Å². The number of hydrogen-bond donors (Lipinski definition) is 7. The minimum absolute atomic E-state index is 0.00165. The van der Waals surface area contributed by atoms with Crippen LogP contribution < -0.4 is 34.4 Å². The summed E-state index contributed by atoms with van der Waals surface area (Å²) in [4.78, 5) is 121. The lowest BCUT2D eigenvalue weighted by molar-refractivity contribution is 0.0992. The monoisotopic (exact) mass is 1750 g/mol. The number of nitrogens with zero attached hydrogens (tertiary/aromatic N) is 14. The molecule has 0 spiro atoms. The van der Waals surface area contributed by atoms with Gasteiger partial charge in [0.25, 0.3) is 6.43 Å². The number of ketones is 6. The molecular weight excluding hydrogens is 1660 g/mol. The molecule has 6 aromatic carbocycles. The van der Waals surface area contributed by atoms with E-state index in [-0.39, 0.29) is 92.7 Å². The Morgan fingerprint density at radius 2 is 0.702 bits per heavy atom. The van der Waals surface area contributed by atoms with Crippen LogP contribution in [0.2, 0.25) is 0 Å². The van der Waals surface area contributed by atoms with E-state index in [0.717, 1.165) is 160 Å². The predicted octanol–water partition coefficient (Wildman–Crippen LogP) is 13.2. The SMILES string of the molecule is CCCc1cncc(-c2ccc3c(c2)C(CN)=NCC3=O)c1.NCC1=NCC(=O)c2ccc(-c3cncc(C(F)F)c3)cc21.NCC1=NCC(=O)c2ccc(-c3cncc(C4CC4)c3)cc21.NCC1=NCC(=O)c2ccc(-c3cncc(CC4CC4)c3)cc21.NCC1=NCC(=O)c2ccc(-c3cnn(CCO)c3)cc21.[C-]#[N+]c1cncc(-c2ccc3c(c2)C(CN)=NCC3=O)c1. The maximum Gasteiger partial charge on any atom is 0.265 e. The van der Waals surface area contributed by atoms with Gasteiger partial charge >= 0.3 is 0 Å². The van der Waals surface area contributed by atoms with Crippen molar-refractivity contribution in [2.75, 3.05) is 85.1 Å². The van der Waals surface area contributed by atoms with Gasteiger partial charge in [-0.3, -0.25) is 88.3 Å². The van der Waals surface area contributed by atoms with E-state index >= 15 is 0 Å². The molecule has 27 nitrogen and oxygen atoms in total. The molecule has 0 amide bonds. The molecule has 0 bridgehead atoms. The molecule has 131 heavy (non-hydrogen) atoms. The van der Waals surface area contributed by atoms with Gasteiger partial charge in [-0.1, -0.05) is 86.1 Å². The van der Waals surface area contributed by atoms with Gasteiger partial charge in [0.05, 0.1) is 60.2 Å². The molecule has 0 atom stereocenters. The van der Waals surface area contributed by atoms with Gasteiger partial charge in [-0.05, 0) is 173 Å². The first kappa shape index (κ1) is 91.2. The van der Waals surface area contributed by atoms with E-state index in [0.29, 0.717) is 90.0 Å². The first-order valence-corrected chi connectivity index (χ1v) is 43.3. The first-order chi connectivity index (χ1) is 63.8. The van der Waals surface area contributed by atoms with Crippen LogP contribution in [0.15, 0.2) is 244 Å². The minimum atomic E-state index is -2.58. The fraction of sp³-hybridized carbons (Fsp3) is 0.245. The highest BCUT2D eigenvalue weighted by Gasteiger charge is 2.30. The minimum Gasteiger partial charge on any atom is -0.394 e. The Labute approximate surface area is 755 Å². The molecule has 0 radical (unpaired) electrons. The predicted molar refractivity (Wildman–Crippen MR) is 505 cm³/mol. The number of hydrogen-bond acceptors (Lipinski definition) is 25. The third kappa shape index (κ3) is 21.5. The summed E-state index contributed by atoms with van der Waals surface area (Å²) in [7, 11) is 0. The molecule has 660 valence electrons. The molecule has 8 aliphatic rings. The second kappa shape index (κ2) is 42.1. The standard InChI is InChI=1S/C19H19N3O.C18H17N3O.C18H19N3O.C16H13F2N3O.C16H12N4O.C15H16N4O2/c20-8-18-17-7-14(3-4-16(17)19(23)11-22-18)15-6-13(9-21-10-15)5-12-1-2-12;19-7-17-16-6-12(3-4-15(16)18(22)10-21-17)14-5-13(8-20-9-14)11-1-2-11;1-2-3-12-6-14(10-20-9-12)13-4-5-15-16(7-13)17(8-19)21-11-18(15)22;17-16(18)11-3-10(6-20-7-11)9-1-2-12-13(4-9)14(5-19)21-8-15(12)22;1-18-12-4-11(7-19-8-12)10-2-3-13-14(5-10)15(6-17)20-9-16(13)21;16-6-14-13-5-10(1-2-12(13)15(21)8-17-14)11-7-18-19(9-11)3-4-20/h3-4,6-7,9-10,12H,1-2,5,8,11,20H2;3-6,8-9,11H,1-2,7,10,19H2;4-7,9-10H,2-3,8,11,19H2,1H3;1-4,6-7,16H,5,8,19H2;2-5,7-8H,6,9,17H2;1-2,5,7,9,20H,3-4,6,8,16H2. The fourth-order valence-electron chi connectivity index (χ4n) is 16.2. The van der Waals surface area contributed by atoms with E-state index in [2.05, 4.69) is 89.9 Å². The summed E-state index contributed by atoms with van der Waals surface area (Å²) in [6.45, 7) is 12.6. The number of Topliss-reactive ketones (excluding diaryl/α,β-unsaturated/α-hetero) is 6. The van der Waals surface area contributed by atoms with Crippen molar-refractivity contribution in [3.05, 3.63) is 314 Å². The largest absolute Gasteiger partial charge is 0.394 e. The van der Waals surface area contributed by atoms with E-state index in [4.69, 9.17) is 46.1 Å².